The highest BCUT2D eigenvalue weighted by Crippen LogP contribution is 2.25. The molecule has 11 heteroatoms. The van der Waals surface area contributed by atoms with Crippen molar-refractivity contribution < 1.29 is 24.9 Å². The average Bonchev–Trinajstić information content (AvgIpc) is 2.74. The second-order valence-corrected chi connectivity index (χ2v) is 4.77. The Hall–Kier alpha value is -2.21. The monoisotopic (exact) mass is 315 g/mol. The van der Waals surface area contributed by atoms with Gasteiger partial charge in [0.15, 0.2) is 17.7 Å². The number of aromatic amines is 1. The van der Waals surface area contributed by atoms with Gasteiger partial charge in [-0.2, -0.15) is 4.98 Å². The number of anilines is 3. The van der Waals surface area contributed by atoms with Crippen molar-refractivity contribution in [2.24, 2.45) is 0 Å². The molecule has 0 aromatic carbocycles. The molecule has 0 spiro atoms. The largest absolute Gasteiger partial charge is 0.394 e. The van der Waals surface area contributed by atoms with Crippen molar-refractivity contribution in [2.45, 2.75) is 24.5 Å². The lowest BCUT2D eigenvalue weighted by Gasteiger charge is -2.20. The summed E-state index contributed by atoms with van der Waals surface area (Å²) in [4.78, 5) is 29.8. The third kappa shape index (κ3) is 2.87. The van der Waals surface area contributed by atoms with Crippen LogP contribution in [0.25, 0.3) is 0 Å². The topological polar surface area (TPSA) is 174 Å². The van der Waals surface area contributed by atoms with Gasteiger partial charge in [0.25, 0.3) is 5.56 Å². The van der Waals surface area contributed by atoms with Crippen LogP contribution in [0, 0.1) is 0 Å². The van der Waals surface area contributed by atoms with E-state index in [4.69, 9.17) is 15.6 Å². The molecular formula is C11H17N5O6. The molecule has 0 bridgehead atoms. The predicted molar refractivity (Wildman–Crippen MR) is 75.1 cm³/mol. The minimum Gasteiger partial charge on any atom is -0.394 e. The maximum atomic E-state index is 11.9. The molecule has 1 fully saturated rings. The Morgan fingerprint density at radius 1 is 1.50 bits per heavy atom. The summed E-state index contributed by atoms with van der Waals surface area (Å²) in [5.41, 5.74) is 4.65. The van der Waals surface area contributed by atoms with Crippen LogP contribution in [0.3, 0.4) is 0 Å². The number of nitrogen functional groups attached to an aromatic ring is 1. The van der Waals surface area contributed by atoms with E-state index in [9.17, 15) is 19.8 Å². The summed E-state index contributed by atoms with van der Waals surface area (Å²) >= 11 is 0. The lowest BCUT2D eigenvalue weighted by molar-refractivity contribution is -0.107. The number of nitrogens with zero attached hydrogens (tertiary/aromatic N) is 2. The van der Waals surface area contributed by atoms with Gasteiger partial charge in [-0.05, 0) is 0 Å². The van der Waals surface area contributed by atoms with Crippen molar-refractivity contribution in [1.29, 1.82) is 0 Å². The fraction of sp³-hybridized carbons (Fsp3) is 0.545. The summed E-state index contributed by atoms with van der Waals surface area (Å²) in [6.45, 7) is -0.498. The molecule has 22 heavy (non-hydrogen) atoms. The number of nitrogens with two attached hydrogens (primary N) is 1. The number of aromatic nitrogens is 2. The number of amides is 1. The second-order valence-electron chi connectivity index (χ2n) is 4.77. The van der Waals surface area contributed by atoms with Crippen molar-refractivity contribution in [3.8, 4) is 0 Å². The van der Waals surface area contributed by atoms with Gasteiger partial charge >= 0.3 is 0 Å². The van der Waals surface area contributed by atoms with Gasteiger partial charge in [-0.3, -0.25) is 14.6 Å². The van der Waals surface area contributed by atoms with E-state index in [2.05, 4.69) is 15.3 Å². The van der Waals surface area contributed by atoms with E-state index in [0.29, 0.717) is 6.41 Å². The Kier molecular flexibility index (Phi) is 4.61. The molecule has 1 aliphatic rings. The highest BCUT2D eigenvalue weighted by molar-refractivity contribution is 5.80. The van der Waals surface area contributed by atoms with E-state index in [0.717, 1.165) is 4.90 Å². The molecule has 0 radical (unpaired) electrons. The molecule has 2 heterocycles. The first kappa shape index (κ1) is 16.2. The normalized spacial score (nSPS) is 27.6. The fourth-order valence-electron chi connectivity index (χ4n) is 2.12. The van der Waals surface area contributed by atoms with Gasteiger partial charge in [-0.1, -0.05) is 0 Å². The summed E-state index contributed by atoms with van der Waals surface area (Å²) in [7, 11) is 1.33. The maximum Gasteiger partial charge on any atom is 0.278 e. The van der Waals surface area contributed by atoms with E-state index in [1.807, 2.05) is 0 Å². The molecule has 1 aromatic heterocycles. The van der Waals surface area contributed by atoms with E-state index in [1.165, 1.54) is 7.05 Å². The number of nitrogens with one attached hydrogen (secondary N) is 2. The Labute approximate surface area is 124 Å². The first-order chi connectivity index (χ1) is 10.4. The van der Waals surface area contributed by atoms with Crippen molar-refractivity contribution in [2.75, 3.05) is 29.6 Å². The Balaban J connectivity index is 2.33. The van der Waals surface area contributed by atoms with Gasteiger partial charge in [0.1, 0.15) is 18.3 Å². The van der Waals surface area contributed by atoms with E-state index >= 15 is 0 Å². The number of hydrogen-bond acceptors (Lipinski definition) is 9. The zero-order valence-corrected chi connectivity index (χ0v) is 11.6. The fourth-order valence-corrected chi connectivity index (χ4v) is 2.12. The number of aliphatic hydroxyl groups is 3. The lowest BCUT2D eigenvalue weighted by atomic mass is 10.1. The number of hydrogen-bond donors (Lipinski definition) is 6. The maximum absolute atomic E-state index is 11.9. The van der Waals surface area contributed by atoms with Crippen LogP contribution in [-0.2, 0) is 9.53 Å². The van der Waals surface area contributed by atoms with Gasteiger partial charge in [0.05, 0.1) is 6.61 Å². The Morgan fingerprint density at radius 3 is 2.73 bits per heavy atom. The summed E-state index contributed by atoms with van der Waals surface area (Å²) in [6, 6.07) is 0. The molecule has 7 N–H and O–H groups in total. The second kappa shape index (κ2) is 6.27. The van der Waals surface area contributed by atoms with Gasteiger partial charge in [-0.25, -0.2) is 0 Å². The molecule has 4 unspecified atom stereocenters. The molecule has 1 saturated heterocycles. The number of carbonyl (C=O) groups excluding carboxylic acids is 1. The third-order valence-corrected chi connectivity index (χ3v) is 3.25. The zero-order chi connectivity index (χ0) is 16.4. The van der Waals surface area contributed by atoms with Crippen LogP contribution in [0.5, 0.6) is 0 Å². The van der Waals surface area contributed by atoms with Crippen LogP contribution in [0.1, 0.15) is 0 Å². The summed E-state index contributed by atoms with van der Waals surface area (Å²) in [5.74, 6) is -0.312. The number of carbonyl (C=O) groups is 1. The van der Waals surface area contributed by atoms with E-state index in [1.54, 1.807) is 0 Å². The molecule has 2 rings (SSSR count). The molecule has 1 aromatic rings. The minimum absolute atomic E-state index is 0.106. The minimum atomic E-state index is -1.37. The van der Waals surface area contributed by atoms with Crippen molar-refractivity contribution in [3.05, 3.63) is 10.4 Å². The smallest absolute Gasteiger partial charge is 0.278 e. The average molecular weight is 315 g/mol. The van der Waals surface area contributed by atoms with Crippen LogP contribution in [0.15, 0.2) is 4.79 Å². The quantitative estimate of drug-likeness (QED) is 0.306. The van der Waals surface area contributed by atoms with Gasteiger partial charge in [0.2, 0.25) is 12.4 Å². The number of aliphatic hydroxyl groups excluding tert-OH is 3. The molecular weight excluding hydrogens is 298 g/mol. The lowest BCUT2D eigenvalue weighted by Crippen LogP contribution is -2.37. The SMILES string of the molecule is CN(C=O)c1c(NC2OC(CO)C(O)C2O)nc(N)[nH]c1=O. The highest BCUT2D eigenvalue weighted by atomic mass is 16.6. The van der Waals surface area contributed by atoms with Crippen LogP contribution in [0.2, 0.25) is 0 Å². The van der Waals surface area contributed by atoms with E-state index < -0.39 is 36.7 Å². The first-order valence-corrected chi connectivity index (χ1v) is 6.36. The first-order valence-electron chi connectivity index (χ1n) is 6.36. The molecule has 1 amide bonds. The van der Waals surface area contributed by atoms with Crippen LogP contribution >= 0.6 is 0 Å². The van der Waals surface area contributed by atoms with Gasteiger partial charge in [-0.15, -0.1) is 0 Å². The van der Waals surface area contributed by atoms with Crippen molar-refractivity contribution in [3.63, 3.8) is 0 Å². The number of rotatable bonds is 5. The van der Waals surface area contributed by atoms with E-state index in [-0.39, 0.29) is 17.5 Å². The number of ether oxygens (including phenoxy) is 1. The zero-order valence-electron chi connectivity index (χ0n) is 11.6. The third-order valence-electron chi connectivity index (χ3n) is 3.25. The van der Waals surface area contributed by atoms with Crippen LogP contribution < -0.4 is 21.5 Å². The van der Waals surface area contributed by atoms with Crippen molar-refractivity contribution >= 4 is 23.9 Å². The molecule has 4 atom stereocenters. The summed E-state index contributed by atoms with van der Waals surface area (Å²) in [6.07, 6.45) is -4.41. The Morgan fingerprint density at radius 2 is 2.18 bits per heavy atom. The summed E-state index contributed by atoms with van der Waals surface area (Å²) < 4.78 is 5.23. The van der Waals surface area contributed by atoms with Crippen LogP contribution in [-0.4, -0.2) is 69.9 Å². The van der Waals surface area contributed by atoms with Crippen LogP contribution in [0.4, 0.5) is 17.5 Å². The summed E-state index contributed by atoms with van der Waals surface area (Å²) in [5, 5.41) is 31.2. The van der Waals surface area contributed by atoms with Gasteiger partial charge in [0, 0.05) is 7.05 Å². The van der Waals surface area contributed by atoms with Crippen molar-refractivity contribution in [1.82, 2.24) is 9.97 Å². The van der Waals surface area contributed by atoms with Gasteiger partial charge < -0.3 is 36.0 Å². The predicted octanol–water partition coefficient (Wildman–Crippen LogP) is -3.20. The number of H-pyrrole nitrogens is 1. The molecule has 1 aliphatic heterocycles. The molecule has 11 nitrogen and oxygen atoms in total. The molecule has 0 saturated carbocycles. The molecule has 0 aliphatic carbocycles. The molecule has 122 valence electrons. The highest BCUT2D eigenvalue weighted by Gasteiger charge is 2.43. The standard InChI is InChI=1S/C11H17N5O6/c1-16(3-18)5-8(14-11(12)15-9(5)21)13-10-7(20)6(19)4(2-17)22-10/h3-4,6-7,10,17,19-20H,2H2,1H3,(H4,12,13,14,15,21). The Bertz CT molecular complexity index is 607.